The molecule has 22 heavy (non-hydrogen) atoms. The number of hydrogen-bond donors (Lipinski definition) is 5. The standard InChI is InChI=1S/C14H22O8/c1-6(2)8(16)3-7-9(17)4-11(14(20)21)22-13(7)12(19)10(18)5-15/h4,6-7,9-10,12-13,15,17-19H,3,5H2,1-2H3,(H,20,21)/t7-,9-,10?,12?,13?/m1/s1. The number of Topliss-reactive ketones (excluding diaryl/α,β-unsaturated/α-hetero) is 1. The van der Waals surface area contributed by atoms with Gasteiger partial charge in [0.15, 0.2) is 0 Å². The molecule has 1 aliphatic heterocycles. The summed E-state index contributed by atoms with van der Waals surface area (Å²) in [4.78, 5) is 22.9. The average molecular weight is 318 g/mol. The molecule has 1 rings (SSSR count). The highest BCUT2D eigenvalue weighted by atomic mass is 16.5. The number of carboxylic acids is 1. The molecule has 0 fully saturated rings. The third kappa shape index (κ3) is 4.26. The van der Waals surface area contributed by atoms with Crippen molar-refractivity contribution in [1.29, 1.82) is 0 Å². The lowest BCUT2D eigenvalue weighted by Gasteiger charge is -2.37. The molecule has 3 unspecified atom stereocenters. The molecule has 1 aliphatic rings. The van der Waals surface area contributed by atoms with E-state index in [0.717, 1.165) is 6.08 Å². The summed E-state index contributed by atoms with van der Waals surface area (Å²) in [5, 5.41) is 47.5. The van der Waals surface area contributed by atoms with Crippen molar-refractivity contribution in [3.8, 4) is 0 Å². The predicted molar refractivity (Wildman–Crippen MR) is 73.7 cm³/mol. The molecule has 0 spiro atoms. The highest BCUT2D eigenvalue weighted by Crippen LogP contribution is 2.30. The Morgan fingerprint density at radius 3 is 2.36 bits per heavy atom. The third-order valence-electron chi connectivity index (χ3n) is 3.66. The maximum atomic E-state index is 11.9. The predicted octanol–water partition coefficient (Wildman–Crippen LogP) is -1.34. The van der Waals surface area contributed by atoms with Crippen LogP contribution in [0, 0.1) is 11.8 Å². The molecule has 0 aromatic heterocycles. The Morgan fingerprint density at radius 1 is 1.32 bits per heavy atom. The van der Waals surface area contributed by atoms with Gasteiger partial charge in [0.2, 0.25) is 5.76 Å². The number of hydrogen-bond acceptors (Lipinski definition) is 7. The number of aliphatic hydroxyl groups is 4. The number of carboxylic acid groups (broad SMARTS) is 1. The van der Waals surface area contributed by atoms with Gasteiger partial charge >= 0.3 is 5.97 Å². The van der Waals surface area contributed by atoms with Crippen LogP contribution in [0.3, 0.4) is 0 Å². The Morgan fingerprint density at radius 2 is 1.91 bits per heavy atom. The molecule has 0 radical (unpaired) electrons. The van der Waals surface area contributed by atoms with Crippen molar-refractivity contribution in [3.63, 3.8) is 0 Å². The summed E-state index contributed by atoms with van der Waals surface area (Å²) in [5.74, 6) is -3.44. The topological polar surface area (TPSA) is 145 Å². The Bertz CT molecular complexity index is 444. The van der Waals surface area contributed by atoms with Crippen LogP contribution in [0.15, 0.2) is 11.8 Å². The van der Waals surface area contributed by atoms with E-state index < -0.39 is 48.7 Å². The first-order valence-corrected chi connectivity index (χ1v) is 6.98. The number of rotatable bonds is 7. The fourth-order valence-corrected chi connectivity index (χ4v) is 2.22. The highest BCUT2D eigenvalue weighted by molar-refractivity contribution is 5.85. The fraction of sp³-hybridized carbons (Fsp3) is 0.714. The largest absolute Gasteiger partial charge is 0.480 e. The third-order valence-corrected chi connectivity index (χ3v) is 3.66. The van der Waals surface area contributed by atoms with Crippen molar-refractivity contribution in [2.75, 3.05) is 6.61 Å². The quantitative estimate of drug-likeness (QED) is 0.388. The van der Waals surface area contributed by atoms with Crippen LogP contribution in [-0.2, 0) is 14.3 Å². The van der Waals surface area contributed by atoms with Gasteiger partial charge in [-0.1, -0.05) is 13.8 Å². The maximum absolute atomic E-state index is 11.9. The van der Waals surface area contributed by atoms with Crippen molar-refractivity contribution in [2.24, 2.45) is 11.8 Å². The van der Waals surface area contributed by atoms with Crippen LogP contribution in [0.4, 0.5) is 0 Å². The van der Waals surface area contributed by atoms with Crippen LogP contribution in [-0.4, -0.2) is 68.3 Å². The molecule has 0 amide bonds. The molecule has 0 aliphatic carbocycles. The van der Waals surface area contributed by atoms with E-state index in [0.29, 0.717) is 0 Å². The zero-order chi connectivity index (χ0) is 17.0. The van der Waals surface area contributed by atoms with Crippen LogP contribution in [0.2, 0.25) is 0 Å². The summed E-state index contributed by atoms with van der Waals surface area (Å²) >= 11 is 0. The van der Waals surface area contributed by atoms with Crippen molar-refractivity contribution < 1.29 is 39.9 Å². The minimum absolute atomic E-state index is 0.151. The molecule has 5 N–H and O–H groups in total. The Hall–Kier alpha value is -1.48. The van der Waals surface area contributed by atoms with E-state index in [4.69, 9.17) is 14.9 Å². The van der Waals surface area contributed by atoms with E-state index in [9.17, 15) is 24.9 Å². The van der Waals surface area contributed by atoms with Gasteiger partial charge in [0, 0.05) is 18.3 Å². The molecule has 8 nitrogen and oxygen atoms in total. The summed E-state index contributed by atoms with van der Waals surface area (Å²) in [6.07, 6.45) is -5.07. The molecule has 0 saturated carbocycles. The van der Waals surface area contributed by atoms with E-state index in [-0.39, 0.29) is 18.1 Å². The average Bonchev–Trinajstić information content (AvgIpc) is 2.46. The molecule has 0 aromatic carbocycles. The first kappa shape index (κ1) is 18.6. The summed E-state index contributed by atoms with van der Waals surface area (Å²) in [5.41, 5.74) is 0. The van der Waals surface area contributed by atoms with E-state index in [1.807, 2.05) is 0 Å². The van der Waals surface area contributed by atoms with Crippen molar-refractivity contribution >= 4 is 11.8 Å². The fourth-order valence-electron chi connectivity index (χ4n) is 2.22. The molecular formula is C14H22O8. The van der Waals surface area contributed by atoms with Gasteiger partial charge in [-0.25, -0.2) is 4.79 Å². The van der Waals surface area contributed by atoms with Crippen LogP contribution in [0.1, 0.15) is 20.3 Å². The van der Waals surface area contributed by atoms with Crippen LogP contribution < -0.4 is 0 Å². The van der Waals surface area contributed by atoms with Crippen molar-refractivity contribution in [1.82, 2.24) is 0 Å². The molecular weight excluding hydrogens is 296 g/mol. The number of carbonyl (C=O) groups is 2. The lowest BCUT2D eigenvalue weighted by atomic mass is 9.82. The Kier molecular flexibility index (Phi) is 6.48. The zero-order valence-corrected chi connectivity index (χ0v) is 12.4. The van der Waals surface area contributed by atoms with E-state index in [2.05, 4.69) is 0 Å². The molecule has 126 valence electrons. The minimum Gasteiger partial charge on any atom is -0.480 e. The summed E-state index contributed by atoms with van der Waals surface area (Å²) < 4.78 is 5.12. The van der Waals surface area contributed by atoms with Crippen LogP contribution in [0.25, 0.3) is 0 Å². The molecule has 0 saturated heterocycles. The van der Waals surface area contributed by atoms with Gasteiger partial charge in [-0.15, -0.1) is 0 Å². The van der Waals surface area contributed by atoms with Crippen molar-refractivity contribution in [3.05, 3.63) is 11.8 Å². The molecule has 1 heterocycles. The second kappa shape index (κ2) is 7.68. The molecule has 5 atom stereocenters. The monoisotopic (exact) mass is 318 g/mol. The maximum Gasteiger partial charge on any atom is 0.370 e. The number of aliphatic carboxylic acids is 1. The van der Waals surface area contributed by atoms with E-state index >= 15 is 0 Å². The molecule has 0 bridgehead atoms. The molecule has 0 aromatic rings. The van der Waals surface area contributed by atoms with Crippen LogP contribution in [0.5, 0.6) is 0 Å². The van der Waals surface area contributed by atoms with Gasteiger partial charge in [-0.3, -0.25) is 4.79 Å². The smallest absolute Gasteiger partial charge is 0.370 e. The first-order chi connectivity index (χ1) is 10.2. The summed E-state index contributed by atoms with van der Waals surface area (Å²) in [6.45, 7) is 2.57. The van der Waals surface area contributed by atoms with Gasteiger partial charge in [0.1, 0.15) is 24.1 Å². The van der Waals surface area contributed by atoms with Gasteiger partial charge in [0.05, 0.1) is 12.7 Å². The Labute approximate surface area is 127 Å². The lowest BCUT2D eigenvalue weighted by Crippen LogP contribution is -2.51. The second-order valence-corrected chi connectivity index (χ2v) is 5.64. The van der Waals surface area contributed by atoms with Gasteiger partial charge < -0.3 is 30.3 Å². The van der Waals surface area contributed by atoms with Gasteiger partial charge in [0.25, 0.3) is 0 Å². The van der Waals surface area contributed by atoms with E-state index in [1.54, 1.807) is 13.8 Å². The Balaban J connectivity index is 3.06. The van der Waals surface area contributed by atoms with Crippen LogP contribution >= 0.6 is 0 Å². The SMILES string of the molecule is CC(C)C(=O)C[C@H]1C(C(O)C(O)CO)OC(C(=O)O)=C[C@H]1O. The number of ether oxygens (including phenoxy) is 1. The van der Waals surface area contributed by atoms with Gasteiger partial charge in [-0.2, -0.15) is 0 Å². The highest BCUT2D eigenvalue weighted by Gasteiger charge is 2.43. The number of ketones is 1. The second-order valence-electron chi connectivity index (χ2n) is 5.64. The zero-order valence-electron chi connectivity index (χ0n) is 12.4. The normalized spacial score (nSPS) is 27.8. The first-order valence-electron chi connectivity index (χ1n) is 6.98. The minimum atomic E-state index is -1.65. The van der Waals surface area contributed by atoms with Crippen molar-refractivity contribution in [2.45, 2.75) is 44.7 Å². The number of carbonyl (C=O) groups excluding carboxylic acids is 1. The summed E-state index contributed by atoms with van der Waals surface area (Å²) in [7, 11) is 0. The van der Waals surface area contributed by atoms with Gasteiger partial charge in [-0.05, 0) is 6.08 Å². The lowest BCUT2D eigenvalue weighted by molar-refractivity contribution is -0.154. The molecule has 8 heteroatoms. The number of aliphatic hydroxyl groups excluding tert-OH is 4. The van der Waals surface area contributed by atoms with E-state index in [1.165, 1.54) is 0 Å². The summed E-state index contributed by atoms with van der Waals surface area (Å²) in [6, 6.07) is 0.